The molecule has 3 aromatic rings. The predicted octanol–water partition coefficient (Wildman–Crippen LogP) is 4.70. The van der Waals surface area contributed by atoms with E-state index in [9.17, 15) is 18.7 Å². The fourth-order valence-electron chi connectivity index (χ4n) is 2.76. The minimum atomic E-state index is -1.05. The first-order valence-electron chi connectivity index (χ1n) is 10.1. The van der Waals surface area contributed by atoms with Gasteiger partial charge in [-0.15, -0.1) is 0 Å². The number of aliphatic hydroxyl groups is 1. The Hall–Kier alpha value is -3.79. The molecule has 0 bridgehead atoms. The number of ether oxygens (including phenoxy) is 1. The second kappa shape index (κ2) is 9.78. The monoisotopic (exact) mass is 457 g/mol. The van der Waals surface area contributed by atoms with E-state index < -0.39 is 29.3 Å². The van der Waals surface area contributed by atoms with E-state index in [0.29, 0.717) is 11.4 Å². The summed E-state index contributed by atoms with van der Waals surface area (Å²) >= 11 is 0. The molecule has 8 nitrogen and oxygen atoms in total. The van der Waals surface area contributed by atoms with Crippen molar-refractivity contribution >= 4 is 29.2 Å². The molecule has 0 radical (unpaired) electrons. The van der Waals surface area contributed by atoms with Gasteiger partial charge in [0.15, 0.2) is 0 Å². The normalized spacial score (nSPS) is 12.1. The highest BCUT2D eigenvalue weighted by molar-refractivity contribution is 6.06. The van der Waals surface area contributed by atoms with Crippen molar-refractivity contribution in [2.24, 2.45) is 0 Å². The van der Waals surface area contributed by atoms with Crippen LogP contribution in [0.1, 0.15) is 20.8 Å². The Morgan fingerprint density at radius 2 is 1.85 bits per heavy atom. The summed E-state index contributed by atoms with van der Waals surface area (Å²) in [6, 6.07) is 9.62. The topological polar surface area (TPSA) is 99.6 Å². The molecule has 174 valence electrons. The predicted molar refractivity (Wildman–Crippen MR) is 122 cm³/mol. The number of aromatic nitrogens is 2. The maximum atomic E-state index is 14.1. The number of benzene rings is 2. The smallest absolute Gasteiger partial charge is 0.332 e. The van der Waals surface area contributed by atoms with Crippen molar-refractivity contribution < 1.29 is 23.4 Å². The molecule has 0 fully saturated rings. The maximum Gasteiger partial charge on any atom is 0.332 e. The van der Waals surface area contributed by atoms with Crippen molar-refractivity contribution in [2.75, 3.05) is 22.6 Å². The molecule has 1 heterocycles. The van der Waals surface area contributed by atoms with Gasteiger partial charge in [0.2, 0.25) is 5.95 Å². The van der Waals surface area contributed by atoms with Crippen LogP contribution < -0.4 is 20.3 Å². The molecule has 0 unspecified atom stereocenters. The Labute approximate surface area is 190 Å². The fourth-order valence-corrected chi connectivity index (χ4v) is 2.76. The van der Waals surface area contributed by atoms with Gasteiger partial charge in [0.05, 0.1) is 30.1 Å². The third-order valence-corrected chi connectivity index (χ3v) is 4.98. The quantitative estimate of drug-likeness (QED) is 0.475. The number of hydrogen-bond acceptors (Lipinski definition) is 6. The van der Waals surface area contributed by atoms with Gasteiger partial charge in [0, 0.05) is 18.3 Å². The zero-order valence-corrected chi connectivity index (χ0v) is 18.6. The number of rotatable bonds is 7. The largest absolute Gasteiger partial charge is 0.497 e. The molecule has 10 heteroatoms. The van der Waals surface area contributed by atoms with Crippen LogP contribution in [0.25, 0.3) is 0 Å². The molecule has 0 saturated heterocycles. The molecule has 2 aromatic carbocycles. The fraction of sp³-hybridized carbons (Fsp3) is 0.261. The van der Waals surface area contributed by atoms with E-state index in [1.54, 1.807) is 45.0 Å². The molecular formula is C23H25F2N5O3. The molecule has 1 aromatic heterocycles. The Bertz CT molecular complexity index is 1120. The van der Waals surface area contributed by atoms with Crippen LogP contribution in [0.5, 0.6) is 5.75 Å². The highest BCUT2D eigenvalue weighted by Gasteiger charge is 2.25. The second-order valence-electron chi connectivity index (χ2n) is 7.85. The summed E-state index contributed by atoms with van der Waals surface area (Å²) in [4.78, 5) is 22.9. The van der Waals surface area contributed by atoms with E-state index in [4.69, 9.17) is 4.74 Å². The van der Waals surface area contributed by atoms with Crippen LogP contribution in [0.2, 0.25) is 0 Å². The summed E-state index contributed by atoms with van der Waals surface area (Å²) < 4.78 is 32.9. The van der Waals surface area contributed by atoms with Gasteiger partial charge in [-0.1, -0.05) is 0 Å². The number of methoxy groups -OCH3 is 1. The number of nitrogens with one attached hydrogen (secondary N) is 2. The second-order valence-corrected chi connectivity index (χ2v) is 7.85. The van der Waals surface area contributed by atoms with Crippen LogP contribution >= 0.6 is 0 Å². The van der Waals surface area contributed by atoms with E-state index in [1.165, 1.54) is 24.3 Å². The van der Waals surface area contributed by atoms with E-state index in [2.05, 4.69) is 20.6 Å². The molecule has 0 aliphatic carbocycles. The number of hydrogen-bond donors (Lipinski definition) is 3. The molecule has 0 saturated carbocycles. The molecule has 33 heavy (non-hydrogen) atoms. The lowest BCUT2D eigenvalue weighted by molar-refractivity contribution is 0.0646. The Balaban J connectivity index is 1.99. The summed E-state index contributed by atoms with van der Waals surface area (Å²) in [5.41, 5.74) is -0.978. The summed E-state index contributed by atoms with van der Waals surface area (Å²) in [5.74, 6) is -0.583. The van der Waals surface area contributed by atoms with Gasteiger partial charge >= 0.3 is 6.03 Å². The summed E-state index contributed by atoms with van der Waals surface area (Å²) in [6.45, 7) is 5.04. The highest BCUT2D eigenvalue weighted by atomic mass is 19.1. The molecule has 0 aliphatic rings. The molecule has 1 atom stereocenters. The lowest BCUT2D eigenvalue weighted by Crippen LogP contribution is -2.40. The van der Waals surface area contributed by atoms with Crippen molar-refractivity contribution in [3.8, 4) is 5.75 Å². The third kappa shape index (κ3) is 5.92. The molecule has 2 amide bonds. The Kier molecular flexibility index (Phi) is 7.07. The van der Waals surface area contributed by atoms with Crippen LogP contribution in [0.3, 0.4) is 0 Å². The molecule has 3 rings (SSSR count). The number of carbonyl (C=O) groups is 1. The minimum Gasteiger partial charge on any atom is -0.497 e. The van der Waals surface area contributed by atoms with E-state index >= 15 is 0 Å². The van der Waals surface area contributed by atoms with Gasteiger partial charge in [-0.25, -0.2) is 23.5 Å². The van der Waals surface area contributed by atoms with Crippen LogP contribution in [-0.4, -0.2) is 39.9 Å². The standard InChI is InChI=1S/C23H25F2N5O3/c1-14(23(2,3)32)27-21-26-12-11-20(29-21)30(16-6-8-17(33-4)9-7-16)22(31)28-19-13-15(24)5-10-18(19)25/h5-14,32H,1-4H3,(H,28,31)(H,26,27,29)/t14-/m0/s1. The van der Waals surface area contributed by atoms with Crippen molar-refractivity contribution in [3.63, 3.8) is 0 Å². The number of amides is 2. The van der Waals surface area contributed by atoms with Crippen molar-refractivity contribution in [1.29, 1.82) is 0 Å². The maximum absolute atomic E-state index is 14.1. The van der Waals surface area contributed by atoms with Gasteiger partial charge < -0.3 is 20.5 Å². The van der Waals surface area contributed by atoms with Gasteiger partial charge in [-0.05, 0) is 57.2 Å². The lowest BCUT2D eigenvalue weighted by atomic mass is 10.0. The number of anilines is 4. The van der Waals surface area contributed by atoms with Gasteiger partial charge in [-0.3, -0.25) is 0 Å². The van der Waals surface area contributed by atoms with E-state index in [1.807, 2.05) is 0 Å². The number of nitrogens with zero attached hydrogens (tertiary/aromatic N) is 3. The SMILES string of the molecule is COc1ccc(N(C(=O)Nc2cc(F)ccc2F)c2ccnc(N[C@@H](C)C(C)(C)O)n2)cc1. The van der Waals surface area contributed by atoms with E-state index in [-0.39, 0.29) is 17.5 Å². The average molecular weight is 457 g/mol. The number of carbonyl (C=O) groups excluding carboxylic acids is 1. The lowest BCUT2D eigenvalue weighted by Gasteiger charge is -2.27. The molecular weight excluding hydrogens is 432 g/mol. The Morgan fingerprint density at radius 3 is 2.48 bits per heavy atom. The molecule has 3 N–H and O–H groups in total. The summed E-state index contributed by atoms with van der Waals surface area (Å²) in [7, 11) is 1.51. The Morgan fingerprint density at radius 1 is 1.15 bits per heavy atom. The summed E-state index contributed by atoms with van der Waals surface area (Å²) in [6.07, 6.45) is 1.44. The van der Waals surface area contributed by atoms with Gasteiger partial charge in [0.25, 0.3) is 0 Å². The van der Waals surface area contributed by atoms with Crippen molar-refractivity contribution in [2.45, 2.75) is 32.4 Å². The molecule has 0 spiro atoms. The van der Waals surface area contributed by atoms with Gasteiger partial charge in [-0.2, -0.15) is 4.98 Å². The van der Waals surface area contributed by atoms with Crippen LogP contribution in [0, 0.1) is 11.6 Å². The molecule has 0 aliphatic heterocycles. The highest BCUT2D eigenvalue weighted by Crippen LogP contribution is 2.28. The first kappa shape index (κ1) is 23.9. The number of halogens is 2. The van der Waals surface area contributed by atoms with Crippen molar-refractivity contribution in [3.05, 3.63) is 66.4 Å². The average Bonchev–Trinajstić information content (AvgIpc) is 2.76. The van der Waals surface area contributed by atoms with Crippen LogP contribution in [-0.2, 0) is 0 Å². The zero-order chi connectivity index (χ0) is 24.2. The summed E-state index contributed by atoms with van der Waals surface area (Å²) in [5, 5.41) is 15.6. The van der Waals surface area contributed by atoms with E-state index in [0.717, 1.165) is 18.2 Å². The first-order chi connectivity index (χ1) is 15.6. The van der Waals surface area contributed by atoms with Crippen LogP contribution in [0.4, 0.5) is 36.7 Å². The third-order valence-electron chi connectivity index (χ3n) is 4.98. The zero-order valence-electron chi connectivity index (χ0n) is 18.6. The van der Waals surface area contributed by atoms with Gasteiger partial charge in [0.1, 0.15) is 23.2 Å². The first-order valence-corrected chi connectivity index (χ1v) is 10.1. The van der Waals surface area contributed by atoms with Crippen LogP contribution in [0.15, 0.2) is 54.7 Å². The van der Waals surface area contributed by atoms with Crippen molar-refractivity contribution in [1.82, 2.24) is 9.97 Å². The minimum absolute atomic E-state index is 0.162. The number of urea groups is 1.